The summed E-state index contributed by atoms with van der Waals surface area (Å²) in [6.45, 7) is 4.48. The molecule has 0 bridgehead atoms. The maximum Gasteiger partial charge on any atom is 0.319 e. The predicted molar refractivity (Wildman–Crippen MR) is 88.6 cm³/mol. The van der Waals surface area contributed by atoms with Crippen molar-refractivity contribution in [2.45, 2.75) is 64.8 Å². The summed E-state index contributed by atoms with van der Waals surface area (Å²) < 4.78 is 0. The molecular formula is C18H28N2O. The molecule has 2 rings (SSSR count). The minimum atomic E-state index is -0.0724. The van der Waals surface area contributed by atoms with Crippen LogP contribution in [0.25, 0.3) is 0 Å². The normalized spacial score (nSPS) is 16.0. The van der Waals surface area contributed by atoms with Crippen molar-refractivity contribution in [3.05, 3.63) is 29.8 Å². The third kappa shape index (κ3) is 5.78. The van der Waals surface area contributed by atoms with E-state index in [1.807, 2.05) is 12.1 Å². The second-order valence-corrected chi connectivity index (χ2v) is 6.56. The van der Waals surface area contributed by atoms with Crippen LogP contribution in [-0.2, 0) is 6.42 Å². The average molecular weight is 288 g/mol. The van der Waals surface area contributed by atoms with Crippen LogP contribution >= 0.6 is 0 Å². The second kappa shape index (κ2) is 8.06. The van der Waals surface area contributed by atoms with E-state index >= 15 is 0 Å². The highest BCUT2D eigenvalue weighted by molar-refractivity contribution is 5.89. The van der Waals surface area contributed by atoms with Gasteiger partial charge in [-0.25, -0.2) is 4.79 Å². The van der Waals surface area contributed by atoms with Gasteiger partial charge in [-0.3, -0.25) is 0 Å². The summed E-state index contributed by atoms with van der Waals surface area (Å²) in [4.78, 5) is 12.0. The summed E-state index contributed by atoms with van der Waals surface area (Å²) in [6, 6.07) is 8.49. The Kier molecular flexibility index (Phi) is 6.09. The molecule has 2 N–H and O–H groups in total. The molecule has 0 saturated heterocycles. The van der Waals surface area contributed by atoms with Gasteiger partial charge in [-0.1, -0.05) is 45.2 Å². The van der Waals surface area contributed by atoms with Gasteiger partial charge in [0, 0.05) is 11.7 Å². The molecule has 0 atom stereocenters. The monoisotopic (exact) mass is 288 g/mol. The number of aryl methyl sites for hydroxylation is 1. The quantitative estimate of drug-likeness (QED) is 0.808. The number of hydrogen-bond acceptors (Lipinski definition) is 1. The molecule has 2 amide bonds. The fraction of sp³-hybridized carbons (Fsp3) is 0.611. The van der Waals surface area contributed by atoms with Gasteiger partial charge in [-0.2, -0.15) is 0 Å². The highest BCUT2D eigenvalue weighted by Gasteiger charge is 2.15. The van der Waals surface area contributed by atoms with E-state index in [0.717, 1.165) is 30.9 Å². The van der Waals surface area contributed by atoms with Gasteiger partial charge in [-0.05, 0) is 49.3 Å². The largest absolute Gasteiger partial charge is 0.335 e. The smallest absolute Gasteiger partial charge is 0.319 e. The predicted octanol–water partition coefficient (Wildman–Crippen LogP) is 4.73. The molecule has 0 radical (unpaired) electrons. The maximum atomic E-state index is 12.0. The van der Waals surface area contributed by atoms with E-state index in [-0.39, 0.29) is 6.03 Å². The molecule has 0 aliphatic heterocycles. The third-order valence-electron chi connectivity index (χ3n) is 4.16. The number of benzene rings is 1. The minimum Gasteiger partial charge on any atom is -0.335 e. The molecule has 1 aromatic rings. The minimum absolute atomic E-state index is 0.0724. The zero-order valence-corrected chi connectivity index (χ0v) is 13.3. The summed E-state index contributed by atoms with van der Waals surface area (Å²) in [5, 5.41) is 6.00. The van der Waals surface area contributed by atoms with Crippen molar-refractivity contribution in [2.75, 3.05) is 5.32 Å². The lowest BCUT2D eigenvalue weighted by molar-refractivity contribution is 0.244. The summed E-state index contributed by atoms with van der Waals surface area (Å²) >= 11 is 0. The Hall–Kier alpha value is -1.51. The Morgan fingerprint density at radius 1 is 1.14 bits per heavy atom. The van der Waals surface area contributed by atoms with Crippen molar-refractivity contribution in [2.24, 2.45) is 5.92 Å². The standard InChI is InChI=1S/C18H28N2O/c1-14(2)8-9-15-10-12-17(13-11-15)20-18(21)19-16-6-4-3-5-7-16/h10-14,16H,3-9H2,1-2H3,(H2,19,20,21). The molecule has 116 valence electrons. The van der Waals surface area contributed by atoms with Crippen molar-refractivity contribution >= 4 is 11.7 Å². The third-order valence-corrected chi connectivity index (χ3v) is 4.16. The van der Waals surface area contributed by atoms with Crippen LogP contribution in [0.1, 0.15) is 57.9 Å². The van der Waals surface area contributed by atoms with Gasteiger partial charge in [0.05, 0.1) is 0 Å². The SMILES string of the molecule is CC(C)CCc1ccc(NC(=O)NC2CCCCC2)cc1. The van der Waals surface area contributed by atoms with Gasteiger partial charge in [-0.15, -0.1) is 0 Å². The number of nitrogens with one attached hydrogen (secondary N) is 2. The molecule has 1 saturated carbocycles. The first-order valence-corrected chi connectivity index (χ1v) is 8.30. The fourth-order valence-corrected chi connectivity index (χ4v) is 2.81. The second-order valence-electron chi connectivity index (χ2n) is 6.56. The maximum absolute atomic E-state index is 12.0. The van der Waals surface area contributed by atoms with Gasteiger partial charge in [0.2, 0.25) is 0 Å². The van der Waals surface area contributed by atoms with Crippen LogP contribution in [-0.4, -0.2) is 12.1 Å². The van der Waals surface area contributed by atoms with E-state index in [2.05, 4.69) is 36.6 Å². The number of rotatable bonds is 5. The van der Waals surface area contributed by atoms with Crippen LogP contribution in [0.5, 0.6) is 0 Å². The summed E-state index contributed by atoms with van der Waals surface area (Å²) in [5.41, 5.74) is 2.21. The first-order valence-electron chi connectivity index (χ1n) is 8.30. The number of carbonyl (C=O) groups excluding carboxylic acids is 1. The topological polar surface area (TPSA) is 41.1 Å². The molecule has 21 heavy (non-hydrogen) atoms. The zero-order chi connectivity index (χ0) is 15.1. The average Bonchev–Trinajstić information content (AvgIpc) is 2.47. The van der Waals surface area contributed by atoms with Crippen LogP contribution in [0.15, 0.2) is 24.3 Å². The Morgan fingerprint density at radius 3 is 2.43 bits per heavy atom. The molecule has 1 aliphatic carbocycles. The number of anilines is 1. The first kappa shape index (κ1) is 15.9. The molecule has 3 heteroatoms. The van der Waals surface area contributed by atoms with E-state index in [9.17, 15) is 4.79 Å². The Morgan fingerprint density at radius 2 is 1.81 bits per heavy atom. The molecule has 0 spiro atoms. The van der Waals surface area contributed by atoms with Crippen molar-refractivity contribution in [3.63, 3.8) is 0 Å². The number of carbonyl (C=O) groups is 1. The van der Waals surface area contributed by atoms with Crippen LogP contribution in [0, 0.1) is 5.92 Å². The zero-order valence-electron chi connectivity index (χ0n) is 13.3. The Bertz CT molecular complexity index is 433. The van der Waals surface area contributed by atoms with Crippen molar-refractivity contribution < 1.29 is 4.79 Å². The Balaban J connectivity index is 1.77. The Labute approximate surface area is 128 Å². The van der Waals surface area contributed by atoms with Crippen molar-refractivity contribution in [3.8, 4) is 0 Å². The van der Waals surface area contributed by atoms with Crippen LogP contribution in [0.3, 0.4) is 0 Å². The van der Waals surface area contributed by atoms with E-state index in [1.54, 1.807) is 0 Å². The molecule has 0 unspecified atom stereocenters. The molecule has 1 fully saturated rings. The highest BCUT2D eigenvalue weighted by atomic mass is 16.2. The molecule has 1 aromatic carbocycles. The summed E-state index contributed by atoms with van der Waals surface area (Å²) in [7, 11) is 0. The van der Waals surface area contributed by atoms with Gasteiger partial charge in [0.15, 0.2) is 0 Å². The van der Waals surface area contributed by atoms with E-state index < -0.39 is 0 Å². The van der Waals surface area contributed by atoms with Gasteiger partial charge in [0.25, 0.3) is 0 Å². The fourth-order valence-electron chi connectivity index (χ4n) is 2.81. The summed E-state index contributed by atoms with van der Waals surface area (Å²) in [5.74, 6) is 0.726. The van der Waals surface area contributed by atoms with Gasteiger partial charge >= 0.3 is 6.03 Å². The molecular weight excluding hydrogens is 260 g/mol. The van der Waals surface area contributed by atoms with Crippen LogP contribution in [0.4, 0.5) is 10.5 Å². The van der Waals surface area contributed by atoms with Gasteiger partial charge in [0.1, 0.15) is 0 Å². The molecule has 0 aromatic heterocycles. The van der Waals surface area contributed by atoms with Crippen molar-refractivity contribution in [1.29, 1.82) is 0 Å². The lowest BCUT2D eigenvalue weighted by Gasteiger charge is -2.22. The molecule has 0 heterocycles. The lowest BCUT2D eigenvalue weighted by Crippen LogP contribution is -2.38. The van der Waals surface area contributed by atoms with Crippen molar-refractivity contribution in [1.82, 2.24) is 5.32 Å². The van der Waals surface area contributed by atoms with E-state index in [1.165, 1.54) is 31.2 Å². The van der Waals surface area contributed by atoms with E-state index in [0.29, 0.717) is 6.04 Å². The lowest BCUT2D eigenvalue weighted by atomic mass is 9.96. The highest BCUT2D eigenvalue weighted by Crippen LogP contribution is 2.18. The summed E-state index contributed by atoms with van der Waals surface area (Å²) in [6.07, 6.45) is 8.30. The first-order chi connectivity index (χ1) is 10.1. The van der Waals surface area contributed by atoms with Crippen LogP contribution < -0.4 is 10.6 Å². The molecule has 3 nitrogen and oxygen atoms in total. The van der Waals surface area contributed by atoms with Crippen LogP contribution in [0.2, 0.25) is 0 Å². The number of amides is 2. The molecule has 1 aliphatic rings. The van der Waals surface area contributed by atoms with Gasteiger partial charge < -0.3 is 10.6 Å². The number of hydrogen-bond donors (Lipinski definition) is 2. The van der Waals surface area contributed by atoms with E-state index in [4.69, 9.17) is 0 Å². The number of urea groups is 1.